The highest BCUT2D eigenvalue weighted by Gasteiger charge is 2.44. The second-order valence-electron chi connectivity index (χ2n) is 20.4. The first kappa shape index (κ1) is 64.4. The molecule has 0 aromatic heterocycles. The van der Waals surface area contributed by atoms with Gasteiger partial charge in [0.05, 0.1) is 32.0 Å². The maximum atomic E-state index is 13.0. The van der Waals surface area contributed by atoms with E-state index in [0.29, 0.717) is 19.4 Å². The van der Waals surface area contributed by atoms with E-state index in [9.17, 15) is 35.1 Å². The molecule has 0 aromatic carbocycles. The summed E-state index contributed by atoms with van der Waals surface area (Å²) in [6.07, 6.45) is 44.5. The first-order valence-electron chi connectivity index (χ1n) is 29.0. The van der Waals surface area contributed by atoms with Crippen LogP contribution in [0, 0.1) is 0 Å². The summed E-state index contributed by atoms with van der Waals surface area (Å²) >= 11 is 0. The van der Waals surface area contributed by atoms with Crippen molar-refractivity contribution >= 4 is 11.9 Å². The Hall–Kier alpha value is -1.60. The summed E-state index contributed by atoms with van der Waals surface area (Å²) in [5.74, 6) is -0.201. The van der Waals surface area contributed by atoms with E-state index in [4.69, 9.17) is 14.2 Å². The summed E-state index contributed by atoms with van der Waals surface area (Å²) in [4.78, 5) is 25.1. The smallest absolute Gasteiger partial charge is 0.305 e. The largest absolute Gasteiger partial charge is 0.466 e. The summed E-state index contributed by atoms with van der Waals surface area (Å²) in [5, 5.41) is 54.2. The molecule has 1 saturated heterocycles. The molecule has 1 rings (SSSR count). The molecule has 402 valence electrons. The fourth-order valence-corrected chi connectivity index (χ4v) is 9.26. The third-order valence-electron chi connectivity index (χ3n) is 13.9. The number of aliphatic hydroxyl groups is 5. The molecule has 0 aliphatic carbocycles. The molecule has 7 unspecified atom stereocenters. The Morgan fingerprint density at radius 1 is 0.529 bits per heavy atom. The first-order valence-corrected chi connectivity index (χ1v) is 29.0. The van der Waals surface area contributed by atoms with Gasteiger partial charge in [0.1, 0.15) is 24.4 Å². The lowest BCUT2D eigenvalue weighted by molar-refractivity contribution is -0.302. The van der Waals surface area contributed by atoms with E-state index in [1.807, 2.05) is 6.08 Å². The van der Waals surface area contributed by atoms with E-state index in [1.54, 1.807) is 6.08 Å². The summed E-state index contributed by atoms with van der Waals surface area (Å²) in [6, 6.07) is -0.812. The molecule has 1 amide bonds. The van der Waals surface area contributed by atoms with E-state index in [1.165, 1.54) is 180 Å². The van der Waals surface area contributed by atoms with E-state index >= 15 is 0 Å². The fourth-order valence-electron chi connectivity index (χ4n) is 9.26. The van der Waals surface area contributed by atoms with Crippen LogP contribution in [0.15, 0.2) is 12.2 Å². The molecule has 0 spiro atoms. The number of unbranched alkanes of at least 4 members (excludes halogenated alkanes) is 36. The molecule has 1 aliphatic rings. The normalized spacial score (nSPS) is 19.4. The Bertz CT molecular complexity index is 1140. The molecule has 1 heterocycles. The monoisotopic (exact) mass is 968 g/mol. The minimum absolute atomic E-state index is 0.0117. The molecule has 6 N–H and O–H groups in total. The SMILES string of the molecule is CCCCCCCCC/C=C/C(O)C(COC1OC(CO)C(O)C(O)C1O)NC(=O)CCCCCCCCCCCCCCCCCCOC(=O)CCCCCCCCCCCCCCCCC. The van der Waals surface area contributed by atoms with Gasteiger partial charge in [-0.05, 0) is 32.1 Å². The molecular formula is C57H109NO10. The van der Waals surface area contributed by atoms with Crippen molar-refractivity contribution in [3.05, 3.63) is 12.2 Å². The van der Waals surface area contributed by atoms with E-state index in [-0.39, 0.29) is 18.5 Å². The van der Waals surface area contributed by atoms with Gasteiger partial charge in [-0.2, -0.15) is 0 Å². The molecule has 68 heavy (non-hydrogen) atoms. The Morgan fingerprint density at radius 2 is 0.926 bits per heavy atom. The minimum Gasteiger partial charge on any atom is -0.466 e. The number of carbonyl (C=O) groups is 2. The van der Waals surface area contributed by atoms with E-state index in [0.717, 1.165) is 70.6 Å². The summed E-state index contributed by atoms with van der Waals surface area (Å²) in [6.45, 7) is 4.30. The highest BCUT2D eigenvalue weighted by atomic mass is 16.7. The van der Waals surface area contributed by atoms with Gasteiger partial charge in [0.25, 0.3) is 0 Å². The predicted molar refractivity (Wildman–Crippen MR) is 278 cm³/mol. The van der Waals surface area contributed by atoms with Crippen LogP contribution in [-0.4, -0.2) is 100 Å². The highest BCUT2D eigenvalue weighted by Crippen LogP contribution is 2.23. The number of aliphatic hydroxyl groups excluding tert-OH is 5. The molecule has 11 heteroatoms. The van der Waals surface area contributed by atoms with Gasteiger partial charge in [0.15, 0.2) is 6.29 Å². The van der Waals surface area contributed by atoms with Crippen LogP contribution in [0.1, 0.15) is 277 Å². The van der Waals surface area contributed by atoms with Gasteiger partial charge < -0.3 is 45.1 Å². The molecule has 1 fully saturated rings. The molecule has 0 bridgehead atoms. The van der Waals surface area contributed by atoms with Crippen molar-refractivity contribution in [3.8, 4) is 0 Å². The number of ether oxygens (including phenoxy) is 3. The number of hydrogen-bond donors (Lipinski definition) is 6. The molecule has 1 aliphatic heterocycles. The summed E-state index contributed by atoms with van der Waals surface area (Å²) in [7, 11) is 0. The van der Waals surface area contributed by atoms with Crippen LogP contribution >= 0.6 is 0 Å². The van der Waals surface area contributed by atoms with E-state index < -0.39 is 49.5 Å². The second-order valence-corrected chi connectivity index (χ2v) is 20.4. The third-order valence-corrected chi connectivity index (χ3v) is 13.9. The average molecular weight is 968 g/mol. The number of esters is 1. The van der Waals surface area contributed by atoms with Gasteiger partial charge in [-0.25, -0.2) is 0 Å². The van der Waals surface area contributed by atoms with Crippen LogP contribution in [0.4, 0.5) is 0 Å². The molecule has 11 nitrogen and oxygen atoms in total. The van der Waals surface area contributed by atoms with Crippen molar-refractivity contribution < 1.29 is 49.3 Å². The molecule has 0 radical (unpaired) electrons. The zero-order valence-electron chi connectivity index (χ0n) is 44.1. The van der Waals surface area contributed by atoms with Gasteiger partial charge in [0, 0.05) is 12.8 Å². The number of rotatable bonds is 50. The lowest BCUT2D eigenvalue weighted by Crippen LogP contribution is -2.60. The predicted octanol–water partition coefficient (Wildman–Crippen LogP) is 12.8. The Balaban J connectivity index is 2.04. The van der Waals surface area contributed by atoms with Crippen molar-refractivity contribution in [2.75, 3.05) is 19.8 Å². The quantitative estimate of drug-likeness (QED) is 0.0196. The van der Waals surface area contributed by atoms with Gasteiger partial charge in [-0.15, -0.1) is 0 Å². The van der Waals surface area contributed by atoms with Crippen LogP contribution < -0.4 is 5.32 Å². The van der Waals surface area contributed by atoms with Crippen LogP contribution in [0.25, 0.3) is 0 Å². The van der Waals surface area contributed by atoms with Crippen LogP contribution in [0.5, 0.6) is 0 Å². The first-order chi connectivity index (χ1) is 33.2. The Labute approximate surface area is 417 Å². The maximum Gasteiger partial charge on any atom is 0.305 e. The van der Waals surface area contributed by atoms with Gasteiger partial charge in [-0.1, -0.05) is 244 Å². The standard InChI is InChI=1S/C57H109NO10/c1-3-5-7-9-11-13-14-15-18-22-25-29-33-37-41-45-53(62)66-46-42-38-34-30-26-23-20-17-16-19-21-24-28-32-36-40-44-52(61)58-49(50(60)43-39-35-31-27-12-10-8-6-4-2)48-67-57-56(65)55(64)54(63)51(47-59)68-57/h39,43,49-51,54-57,59-60,63-65H,3-38,40-42,44-48H2,1-2H3,(H,58,61)/b43-39+. The number of nitrogens with one attached hydrogen (secondary N) is 1. The van der Waals surface area contributed by atoms with Crippen molar-refractivity contribution in [2.45, 2.75) is 320 Å². The third kappa shape index (κ3) is 37.2. The molecule has 7 atom stereocenters. The number of hydrogen-bond acceptors (Lipinski definition) is 10. The van der Waals surface area contributed by atoms with Crippen molar-refractivity contribution in [1.82, 2.24) is 5.32 Å². The van der Waals surface area contributed by atoms with E-state index in [2.05, 4.69) is 19.2 Å². The lowest BCUT2D eigenvalue weighted by Gasteiger charge is -2.40. The molecule has 0 saturated carbocycles. The average Bonchev–Trinajstić information content (AvgIpc) is 3.33. The summed E-state index contributed by atoms with van der Waals surface area (Å²) < 4.78 is 16.7. The Kier molecular flexibility index (Phi) is 45.2. The Morgan fingerprint density at radius 3 is 1.37 bits per heavy atom. The fraction of sp³-hybridized carbons (Fsp3) is 0.930. The van der Waals surface area contributed by atoms with Crippen LogP contribution in [0.2, 0.25) is 0 Å². The zero-order valence-corrected chi connectivity index (χ0v) is 44.1. The van der Waals surface area contributed by atoms with Crippen LogP contribution in [-0.2, 0) is 23.8 Å². The molecular weight excluding hydrogens is 859 g/mol. The topological polar surface area (TPSA) is 175 Å². The van der Waals surface area contributed by atoms with Gasteiger partial charge in [-0.3, -0.25) is 9.59 Å². The summed E-state index contributed by atoms with van der Waals surface area (Å²) in [5.41, 5.74) is 0. The minimum atomic E-state index is -1.57. The van der Waals surface area contributed by atoms with Gasteiger partial charge in [0.2, 0.25) is 5.91 Å². The van der Waals surface area contributed by atoms with Gasteiger partial charge >= 0.3 is 5.97 Å². The zero-order chi connectivity index (χ0) is 49.6. The second kappa shape index (κ2) is 47.7. The van der Waals surface area contributed by atoms with Crippen molar-refractivity contribution in [1.29, 1.82) is 0 Å². The maximum absolute atomic E-state index is 13.0. The number of amides is 1. The van der Waals surface area contributed by atoms with Crippen molar-refractivity contribution in [3.63, 3.8) is 0 Å². The van der Waals surface area contributed by atoms with Crippen molar-refractivity contribution in [2.24, 2.45) is 0 Å². The highest BCUT2D eigenvalue weighted by molar-refractivity contribution is 5.76. The lowest BCUT2D eigenvalue weighted by atomic mass is 9.99. The number of carbonyl (C=O) groups excluding carboxylic acids is 2. The van der Waals surface area contributed by atoms with Crippen LogP contribution in [0.3, 0.4) is 0 Å². The number of allylic oxidation sites excluding steroid dienone is 1. The molecule has 0 aromatic rings.